The highest BCUT2D eigenvalue weighted by Gasteiger charge is 2.06. The fraction of sp³-hybridized carbons (Fsp3) is 0.462. The van der Waals surface area contributed by atoms with Crippen LogP contribution in [0.2, 0.25) is 0 Å². The Kier molecular flexibility index (Phi) is 4.33. The fourth-order valence-electron chi connectivity index (χ4n) is 1.71. The zero-order chi connectivity index (χ0) is 13.7. The van der Waals surface area contributed by atoms with E-state index >= 15 is 0 Å². The van der Waals surface area contributed by atoms with Gasteiger partial charge in [-0.05, 0) is 12.0 Å². The lowest BCUT2D eigenvalue weighted by atomic mass is 10.2. The van der Waals surface area contributed by atoms with E-state index in [1.807, 2.05) is 16.8 Å². The van der Waals surface area contributed by atoms with Crippen molar-refractivity contribution < 1.29 is 4.74 Å². The minimum Gasteiger partial charge on any atom is -0.481 e. The second-order valence-corrected chi connectivity index (χ2v) is 4.70. The van der Waals surface area contributed by atoms with Crippen LogP contribution < -0.4 is 10.1 Å². The zero-order valence-electron chi connectivity index (χ0n) is 11.5. The molecule has 2 heterocycles. The van der Waals surface area contributed by atoms with Crippen LogP contribution in [0, 0.1) is 5.92 Å². The summed E-state index contributed by atoms with van der Waals surface area (Å²) in [5, 5.41) is 7.50. The molecule has 2 rings (SSSR count). The number of aromatic nitrogens is 4. The molecular formula is C13H19N5O. The summed E-state index contributed by atoms with van der Waals surface area (Å²) >= 11 is 0. The van der Waals surface area contributed by atoms with Crippen LogP contribution in [0.5, 0.6) is 5.88 Å². The summed E-state index contributed by atoms with van der Waals surface area (Å²) in [7, 11) is 1.60. The van der Waals surface area contributed by atoms with Gasteiger partial charge in [0.2, 0.25) is 5.88 Å². The quantitative estimate of drug-likeness (QED) is 0.861. The van der Waals surface area contributed by atoms with Gasteiger partial charge < -0.3 is 10.1 Å². The first-order valence-electron chi connectivity index (χ1n) is 6.29. The Morgan fingerprint density at radius 3 is 2.79 bits per heavy atom. The maximum atomic E-state index is 5.02. The van der Waals surface area contributed by atoms with Crippen molar-refractivity contribution in [2.24, 2.45) is 5.92 Å². The second kappa shape index (κ2) is 6.17. The van der Waals surface area contributed by atoms with E-state index in [-0.39, 0.29) is 0 Å². The molecule has 0 fully saturated rings. The summed E-state index contributed by atoms with van der Waals surface area (Å²) in [5.41, 5.74) is 0.930. The summed E-state index contributed by atoms with van der Waals surface area (Å²) in [4.78, 5) is 8.40. The zero-order valence-corrected chi connectivity index (χ0v) is 11.5. The van der Waals surface area contributed by atoms with Crippen molar-refractivity contribution >= 4 is 5.69 Å². The molecule has 19 heavy (non-hydrogen) atoms. The number of anilines is 1. The molecule has 102 valence electrons. The van der Waals surface area contributed by atoms with Gasteiger partial charge in [-0.3, -0.25) is 0 Å². The summed E-state index contributed by atoms with van der Waals surface area (Å²) in [6.07, 6.45) is 3.33. The van der Waals surface area contributed by atoms with Crippen molar-refractivity contribution in [2.75, 3.05) is 12.4 Å². The topological polar surface area (TPSA) is 64.9 Å². The van der Waals surface area contributed by atoms with E-state index in [1.54, 1.807) is 19.6 Å². The molecular weight excluding hydrogens is 242 g/mol. The highest BCUT2D eigenvalue weighted by molar-refractivity contribution is 5.41. The van der Waals surface area contributed by atoms with Gasteiger partial charge in [-0.1, -0.05) is 13.8 Å². The number of rotatable bonds is 6. The Balaban J connectivity index is 1.96. The molecule has 0 saturated heterocycles. The number of hydrogen-bond donors (Lipinski definition) is 1. The molecule has 0 unspecified atom stereocenters. The number of nitrogens with zero attached hydrogens (tertiary/aromatic N) is 4. The highest BCUT2D eigenvalue weighted by atomic mass is 16.5. The van der Waals surface area contributed by atoms with Gasteiger partial charge in [0, 0.05) is 12.6 Å². The third-order valence-corrected chi connectivity index (χ3v) is 2.63. The molecule has 2 aromatic heterocycles. The molecule has 2 aromatic rings. The summed E-state index contributed by atoms with van der Waals surface area (Å²) < 4.78 is 6.94. The first kappa shape index (κ1) is 13.3. The van der Waals surface area contributed by atoms with E-state index in [0.717, 1.165) is 18.1 Å². The number of methoxy groups -OCH3 is 1. The van der Waals surface area contributed by atoms with Crippen LogP contribution >= 0.6 is 0 Å². The van der Waals surface area contributed by atoms with Crippen LogP contribution in [-0.4, -0.2) is 26.9 Å². The fourth-order valence-corrected chi connectivity index (χ4v) is 1.71. The lowest BCUT2D eigenvalue weighted by molar-refractivity contribution is 0.398. The van der Waals surface area contributed by atoms with Gasteiger partial charge in [-0.25, -0.2) is 14.6 Å². The maximum absolute atomic E-state index is 5.02. The van der Waals surface area contributed by atoms with Crippen molar-refractivity contribution in [2.45, 2.75) is 26.9 Å². The molecule has 6 nitrogen and oxygen atoms in total. The van der Waals surface area contributed by atoms with Crippen LogP contribution in [-0.2, 0) is 13.1 Å². The van der Waals surface area contributed by atoms with Crippen LogP contribution in [0.25, 0.3) is 0 Å². The molecule has 0 aliphatic heterocycles. The van der Waals surface area contributed by atoms with Gasteiger partial charge in [-0.2, -0.15) is 5.10 Å². The molecule has 0 bridgehead atoms. The third kappa shape index (κ3) is 3.67. The molecule has 0 atom stereocenters. The first-order valence-corrected chi connectivity index (χ1v) is 6.29. The smallest absolute Gasteiger partial charge is 0.213 e. The van der Waals surface area contributed by atoms with Crippen molar-refractivity contribution in [3.63, 3.8) is 0 Å². The van der Waals surface area contributed by atoms with Crippen molar-refractivity contribution in [1.82, 2.24) is 19.7 Å². The molecule has 0 amide bonds. The lowest BCUT2D eigenvalue weighted by Gasteiger charge is -2.10. The summed E-state index contributed by atoms with van der Waals surface area (Å²) in [5.74, 6) is 2.07. The molecule has 0 radical (unpaired) electrons. The molecule has 0 aromatic carbocycles. The Hall–Kier alpha value is -2.11. The van der Waals surface area contributed by atoms with E-state index in [2.05, 4.69) is 34.2 Å². The lowest BCUT2D eigenvalue weighted by Crippen LogP contribution is -2.13. The van der Waals surface area contributed by atoms with E-state index in [9.17, 15) is 0 Å². The standard InChI is InChI=1S/C13H19N5O/c1-10(2)8-18-12(16-9-17-18)7-14-11-4-5-13(19-3)15-6-11/h4-6,9-10,14H,7-8H2,1-3H3. The van der Waals surface area contributed by atoms with E-state index < -0.39 is 0 Å². The predicted molar refractivity (Wildman–Crippen MR) is 73.0 cm³/mol. The Labute approximate surface area is 112 Å². The van der Waals surface area contributed by atoms with Gasteiger partial charge in [0.25, 0.3) is 0 Å². The average molecular weight is 261 g/mol. The van der Waals surface area contributed by atoms with Crippen LogP contribution in [0.15, 0.2) is 24.7 Å². The van der Waals surface area contributed by atoms with Crippen molar-refractivity contribution in [3.8, 4) is 5.88 Å². The number of pyridine rings is 1. The van der Waals surface area contributed by atoms with E-state index in [0.29, 0.717) is 18.3 Å². The summed E-state index contributed by atoms with van der Waals surface area (Å²) in [6.45, 7) is 5.82. The predicted octanol–water partition coefficient (Wildman–Crippen LogP) is 1.95. The van der Waals surface area contributed by atoms with Crippen LogP contribution in [0.3, 0.4) is 0 Å². The van der Waals surface area contributed by atoms with Gasteiger partial charge in [0.1, 0.15) is 12.2 Å². The van der Waals surface area contributed by atoms with Gasteiger partial charge in [0.15, 0.2) is 0 Å². The molecule has 0 aliphatic rings. The minimum atomic E-state index is 0.545. The number of ether oxygens (including phenoxy) is 1. The monoisotopic (exact) mass is 261 g/mol. The SMILES string of the molecule is COc1ccc(NCc2ncnn2CC(C)C)cn1. The molecule has 0 spiro atoms. The van der Waals surface area contributed by atoms with Gasteiger partial charge in [0.05, 0.1) is 25.5 Å². The van der Waals surface area contributed by atoms with Crippen molar-refractivity contribution in [3.05, 3.63) is 30.5 Å². The van der Waals surface area contributed by atoms with Crippen LogP contribution in [0.1, 0.15) is 19.7 Å². The maximum Gasteiger partial charge on any atom is 0.213 e. The largest absolute Gasteiger partial charge is 0.481 e. The molecule has 1 N–H and O–H groups in total. The second-order valence-electron chi connectivity index (χ2n) is 4.70. The average Bonchev–Trinajstić information content (AvgIpc) is 2.83. The Morgan fingerprint density at radius 2 is 2.16 bits per heavy atom. The normalized spacial score (nSPS) is 10.7. The summed E-state index contributed by atoms with van der Waals surface area (Å²) in [6, 6.07) is 3.75. The highest BCUT2D eigenvalue weighted by Crippen LogP contribution is 2.12. The molecule has 0 aliphatic carbocycles. The van der Waals surface area contributed by atoms with Gasteiger partial charge >= 0.3 is 0 Å². The third-order valence-electron chi connectivity index (χ3n) is 2.63. The number of nitrogens with one attached hydrogen (secondary N) is 1. The molecule has 6 heteroatoms. The Bertz CT molecular complexity index is 506. The van der Waals surface area contributed by atoms with Crippen LogP contribution in [0.4, 0.5) is 5.69 Å². The first-order chi connectivity index (χ1) is 9.19. The van der Waals surface area contributed by atoms with Crippen molar-refractivity contribution in [1.29, 1.82) is 0 Å². The minimum absolute atomic E-state index is 0.545. The molecule has 0 saturated carbocycles. The van der Waals surface area contributed by atoms with Gasteiger partial charge in [-0.15, -0.1) is 0 Å². The van der Waals surface area contributed by atoms with E-state index in [1.165, 1.54) is 0 Å². The van der Waals surface area contributed by atoms with E-state index in [4.69, 9.17) is 4.74 Å². The number of hydrogen-bond acceptors (Lipinski definition) is 5. The Morgan fingerprint density at radius 1 is 1.32 bits per heavy atom.